The maximum atomic E-state index is 13.5. The topological polar surface area (TPSA) is 68.3 Å². The number of allylic oxidation sites excluding steroid dienone is 3. The smallest absolute Gasteiger partial charge is 0.337 e. The monoisotopic (exact) mass is 450 g/mol. The third-order valence-electron chi connectivity index (χ3n) is 6.51. The number of aromatic nitrogens is 1. The summed E-state index contributed by atoms with van der Waals surface area (Å²) in [5.41, 5.74) is 5.38. The highest BCUT2D eigenvalue weighted by Crippen LogP contribution is 2.45. The first-order valence-corrected chi connectivity index (χ1v) is 11.5. The molecule has 2 heterocycles. The van der Waals surface area contributed by atoms with Gasteiger partial charge in [0, 0.05) is 29.6 Å². The van der Waals surface area contributed by atoms with Gasteiger partial charge in [-0.15, -0.1) is 0 Å². The molecule has 0 bridgehead atoms. The molecule has 1 aliphatic carbocycles. The number of dihydropyridines is 1. The second kappa shape index (κ2) is 9.48. The van der Waals surface area contributed by atoms with Crippen molar-refractivity contribution in [2.24, 2.45) is 0 Å². The average Bonchev–Trinajstić information content (AvgIpc) is 2.88. The van der Waals surface area contributed by atoms with Gasteiger partial charge in [0.15, 0.2) is 5.78 Å². The number of hydrogen-bond donors (Lipinski definition) is 1. The number of benzene rings is 2. The molecule has 5 rings (SSSR count). The molecule has 0 amide bonds. The summed E-state index contributed by atoms with van der Waals surface area (Å²) < 4.78 is 5.70. The Balaban J connectivity index is 1.50. The summed E-state index contributed by atoms with van der Waals surface area (Å²) in [6.07, 6.45) is 2.80. The van der Waals surface area contributed by atoms with Gasteiger partial charge in [0.1, 0.15) is 6.61 Å². The summed E-state index contributed by atoms with van der Waals surface area (Å²) in [4.78, 5) is 31.4. The normalized spacial score (nSPS) is 20.0. The van der Waals surface area contributed by atoms with Gasteiger partial charge in [-0.2, -0.15) is 0 Å². The molecule has 2 atom stereocenters. The first-order chi connectivity index (χ1) is 16.6. The molecule has 0 saturated carbocycles. The Morgan fingerprint density at radius 3 is 2.38 bits per heavy atom. The number of pyridine rings is 1. The Bertz CT molecular complexity index is 1260. The maximum absolute atomic E-state index is 13.5. The lowest BCUT2D eigenvalue weighted by atomic mass is 9.73. The summed E-state index contributed by atoms with van der Waals surface area (Å²) in [5, 5.41) is 3.39. The second-order valence-corrected chi connectivity index (χ2v) is 8.74. The Kier molecular flexibility index (Phi) is 6.09. The van der Waals surface area contributed by atoms with Gasteiger partial charge in [0.2, 0.25) is 0 Å². The molecule has 0 fully saturated rings. The van der Waals surface area contributed by atoms with Crippen LogP contribution in [0.2, 0.25) is 0 Å². The molecule has 2 aromatic carbocycles. The van der Waals surface area contributed by atoms with Crippen molar-refractivity contribution in [3.05, 3.63) is 124 Å². The molecule has 0 radical (unpaired) electrons. The van der Waals surface area contributed by atoms with E-state index in [1.165, 1.54) is 0 Å². The molecule has 1 aromatic heterocycles. The zero-order chi connectivity index (χ0) is 23.5. The Morgan fingerprint density at radius 1 is 0.971 bits per heavy atom. The molecule has 5 nitrogen and oxygen atoms in total. The molecule has 170 valence electrons. The number of rotatable bonds is 5. The van der Waals surface area contributed by atoms with Crippen LogP contribution in [0.3, 0.4) is 0 Å². The molecule has 0 spiro atoms. The average molecular weight is 451 g/mol. The minimum absolute atomic E-state index is 0.0408. The van der Waals surface area contributed by atoms with Crippen molar-refractivity contribution in [1.29, 1.82) is 0 Å². The Hall–Kier alpha value is -3.99. The first kappa shape index (κ1) is 21.8. The number of carbonyl (C=O) groups excluding carboxylic acids is 2. The van der Waals surface area contributed by atoms with Crippen molar-refractivity contribution >= 4 is 11.8 Å². The van der Waals surface area contributed by atoms with Crippen molar-refractivity contribution < 1.29 is 14.3 Å². The summed E-state index contributed by atoms with van der Waals surface area (Å²) >= 11 is 0. The maximum Gasteiger partial charge on any atom is 0.337 e. The fourth-order valence-electron chi connectivity index (χ4n) is 4.91. The van der Waals surface area contributed by atoms with Crippen molar-refractivity contribution in [2.75, 3.05) is 0 Å². The molecular formula is C29H26N2O3. The van der Waals surface area contributed by atoms with Gasteiger partial charge >= 0.3 is 5.97 Å². The van der Waals surface area contributed by atoms with Gasteiger partial charge < -0.3 is 10.1 Å². The van der Waals surface area contributed by atoms with Gasteiger partial charge in [0.25, 0.3) is 0 Å². The van der Waals surface area contributed by atoms with Crippen LogP contribution >= 0.6 is 0 Å². The lowest BCUT2D eigenvalue weighted by molar-refractivity contribution is -0.140. The number of hydrogen-bond acceptors (Lipinski definition) is 5. The predicted octanol–water partition coefficient (Wildman–Crippen LogP) is 5.19. The lowest BCUT2D eigenvalue weighted by Gasteiger charge is -2.36. The van der Waals surface area contributed by atoms with E-state index in [0.29, 0.717) is 35.4 Å². The van der Waals surface area contributed by atoms with Crippen LogP contribution in [0.25, 0.3) is 0 Å². The highest BCUT2D eigenvalue weighted by Gasteiger charge is 2.42. The van der Waals surface area contributed by atoms with E-state index in [4.69, 9.17) is 4.74 Å². The fraction of sp³-hybridized carbons (Fsp3) is 0.207. The highest BCUT2D eigenvalue weighted by molar-refractivity contribution is 6.04. The molecule has 5 heteroatoms. The molecular weight excluding hydrogens is 424 g/mol. The zero-order valence-electron chi connectivity index (χ0n) is 19.0. The number of nitrogens with one attached hydrogen (secondary N) is 1. The van der Waals surface area contributed by atoms with Crippen LogP contribution in [-0.4, -0.2) is 16.7 Å². The van der Waals surface area contributed by atoms with Crippen molar-refractivity contribution in [2.45, 2.75) is 38.2 Å². The minimum Gasteiger partial charge on any atom is -0.457 e. The molecule has 0 saturated heterocycles. The van der Waals surface area contributed by atoms with E-state index < -0.39 is 11.9 Å². The SMILES string of the molecule is CC1=C(C(=O)OCc2ccccc2)[C@H](c2ccccn2)C2=C(C[C@H](c3ccccc3)CC2=O)N1. The number of nitrogens with zero attached hydrogens (tertiary/aromatic N) is 1. The van der Waals surface area contributed by atoms with E-state index in [1.54, 1.807) is 6.20 Å². The molecule has 3 aromatic rings. The lowest BCUT2D eigenvalue weighted by Crippen LogP contribution is -2.36. The van der Waals surface area contributed by atoms with E-state index in [2.05, 4.69) is 22.4 Å². The van der Waals surface area contributed by atoms with Crippen LogP contribution in [0.15, 0.2) is 108 Å². The third-order valence-corrected chi connectivity index (χ3v) is 6.51. The summed E-state index contributed by atoms with van der Waals surface area (Å²) in [6.45, 7) is 2.04. The van der Waals surface area contributed by atoms with Crippen LogP contribution in [0.4, 0.5) is 0 Å². The molecule has 2 aliphatic rings. The van der Waals surface area contributed by atoms with E-state index in [1.807, 2.05) is 73.7 Å². The van der Waals surface area contributed by atoms with E-state index in [0.717, 1.165) is 16.8 Å². The Morgan fingerprint density at radius 2 is 1.68 bits per heavy atom. The first-order valence-electron chi connectivity index (χ1n) is 11.5. The quantitative estimate of drug-likeness (QED) is 0.542. The standard InChI is InChI=1S/C29H26N2O3/c1-19-26(29(33)34-18-20-10-4-2-5-11-20)28(23-14-8-9-15-30-23)27-24(31-19)16-22(17-25(27)32)21-12-6-3-7-13-21/h2-15,22,28,31H,16-18H2,1H3/t22-,28-/m0/s1. The van der Waals surface area contributed by atoms with Crippen LogP contribution < -0.4 is 5.32 Å². The number of ketones is 1. The molecule has 34 heavy (non-hydrogen) atoms. The largest absolute Gasteiger partial charge is 0.457 e. The van der Waals surface area contributed by atoms with E-state index >= 15 is 0 Å². The second-order valence-electron chi connectivity index (χ2n) is 8.74. The van der Waals surface area contributed by atoms with Crippen molar-refractivity contribution in [3.8, 4) is 0 Å². The van der Waals surface area contributed by atoms with Gasteiger partial charge in [-0.3, -0.25) is 9.78 Å². The van der Waals surface area contributed by atoms with Gasteiger partial charge in [0.05, 0.1) is 17.2 Å². The summed E-state index contributed by atoms with van der Waals surface area (Å²) in [6, 6.07) is 25.3. The fourth-order valence-corrected chi connectivity index (χ4v) is 4.91. The van der Waals surface area contributed by atoms with Crippen LogP contribution in [0, 0.1) is 0 Å². The van der Waals surface area contributed by atoms with Crippen molar-refractivity contribution in [1.82, 2.24) is 10.3 Å². The zero-order valence-corrected chi connectivity index (χ0v) is 19.0. The molecule has 1 N–H and O–H groups in total. The van der Waals surface area contributed by atoms with Crippen molar-refractivity contribution in [3.63, 3.8) is 0 Å². The summed E-state index contributed by atoms with van der Waals surface area (Å²) in [7, 11) is 0. The van der Waals surface area contributed by atoms with Gasteiger partial charge in [-0.1, -0.05) is 66.7 Å². The van der Waals surface area contributed by atoms with Crippen LogP contribution in [-0.2, 0) is 20.9 Å². The predicted molar refractivity (Wildman–Crippen MR) is 130 cm³/mol. The number of carbonyl (C=O) groups is 2. The number of esters is 1. The van der Waals surface area contributed by atoms with E-state index in [9.17, 15) is 9.59 Å². The Labute approximate surface area is 199 Å². The minimum atomic E-state index is -0.551. The third kappa shape index (κ3) is 4.29. The van der Waals surface area contributed by atoms with Crippen LogP contribution in [0.5, 0.6) is 0 Å². The molecule has 0 unspecified atom stereocenters. The van der Waals surface area contributed by atoms with E-state index in [-0.39, 0.29) is 18.3 Å². The summed E-state index contributed by atoms with van der Waals surface area (Å²) in [5.74, 6) is -0.846. The van der Waals surface area contributed by atoms with Gasteiger partial charge in [-0.25, -0.2) is 4.79 Å². The van der Waals surface area contributed by atoms with Gasteiger partial charge in [-0.05, 0) is 42.5 Å². The van der Waals surface area contributed by atoms with Crippen LogP contribution in [0.1, 0.15) is 48.4 Å². The number of Topliss-reactive ketones (excluding diaryl/α,β-unsaturated/α-hetero) is 1. The number of ether oxygens (including phenoxy) is 1. The highest BCUT2D eigenvalue weighted by atomic mass is 16.5. The molecule has 1 aliphatic heterocycles.